The third kappa shape index (κ3) is 4.31. The number of hydrogen-bond donors (Lipinski definition) is 1. The Labute approximate surface area is 129 Å². The highest BCUT2D eigenvalue weighted by Crippen LogP contribution is 2.15. The lowest BCUT2D eigenvalue weighted by atomic mass is 10.2. The SMILES string of the molecule is Cc1ccc([S@@](C)(=O)=NC(=O)Nc2ccc(Cl)cc2)cc1. The predicted molar refractivity (Wildman–Crippen MR) is 86.4 cm³/mol. The number of halogens is 1. The smallest absolute Gasteiger partial charge is 0.306 e. The normalized spacial score (nSPS) is 13.3. The van der Waals surface area contributed by atoms with Crippen LogP contribution in [-0.2, 0) is 9.73 Å². The van der Waals surface area contributed by atoms with Gasteiger partial charge in [0.05, 0.1) is 9.73 Å². The minimum Gasteiger partial charge on any atom is -0.306 e. The average molecular weight is 323 g/mol. The fourth-order valence-corrected chi connectivity index (χ4v) is 2.92. The van der Waals surface area contributed by atoms with Gasteiger partial charge in [-0.05, 0) is 43.3 Å². The van der Waals surface area contributed by atoms with Crippen molar-refractivity contribution in [3.8, 4) is 0 Å². The summed E-state index contributed by atoms with van der Waals surface area (Å²) in [5, 5.41) is 3.14. The van der Waals surface area contributed by atoms with Gasteiger partial charge in [-0.3, -0.25) is 0 Å². The third-order valence-corrected chi connectivity index (χ3v) is 4.72. The Morgan fingerprint density at radius 3 is 2.24 bits per heavy atom. The second-order valence-electron chi connectivity index (χ2n) is 4.64. The zero-order valence-electron chi connectivity index (χ0n) is 11.7. The van der Waals surface area contributed by atoms with Crippen molar-refractivity contribution in [2.45, 2.75) is 11.8 Å². The zero-order valence-corrected chi connectivity index (χ0v) is 13.2. The maximum atomic E-state index is 12.5. The number of aryl methyl sites for hydroxylation is 1. The van der Waals surface area contributed by atoms with E-state index in [2.05, 4.69) is 9.68 Å². The number of rotatable bonds is 2. The summed E-state index contributed by atoms with van der Waals surface area (Å²) < 4.78 is 16.3. The van der Waals surface area contributed by atoms with E-state index in [9.17, 15) is 9.00 Å². The molecule has 0 aliphatic rings. The monoisotopic (exact) mass is 322 g/mol. The topological polar surface area (TPSA) is 58.5 Å². The van der Waals surface area contributed by atoms with Crippen LogP contribution in [0.5, 0.6) is 0 Å². The van der Waals surface area contributed by atoms with Crippen LogP contribution in [-0.4, -0.2) is 16.5 Å². The van der Waals surface area contributed by atoms with E-state index in [1.54, 1.807) is 36.4 Å². The number of urea groups is 1. The van der Waals surface area contributed by atoms with Crippen LogP contribution in [0.3, 0.4) is 0 Å². The second kappa shape index (κ2) is 6.28. The van der Waals surface area contributed by atoms with Gasteiger partial charge in [-0.2, -0.15) is 0 Å². The average Bonchev–Trinajstić information content (AvgIpc) is 2.41. The molecule has 2 amide bonds. The maximum absolute atomic E-state index is 12.5. The molecule has 0 aromatic heterocycles. The van der Waals surface area contributed by atoms with Crippen molar-refractivity contribution >= 4 is 33.0 Å². The van der Waals surface area contributed by atoms with Crippen LogP contribution in [0, 0.1) is 6.92 Å². The van der Waals surface area contributed by atoms with Crippen LogP contribution in [0.4, 0.5) is 10.5 Å². The number of amides is 2. The highest BCUT2D eigenvalue weighted by Gasteiger charge is 2.09. The van der Waals surface area contributed by atoms with E-state index in [4.69, 9.17) is 11.6 Å². The predicted octanol–water partition coefficient (Wildman–Crippen LogP) is 4.34. The van der Waals surface area contributed by atoms with Gasteiger partial charge in [0.25, 0.3) is 0 Å². The summed E-state index contributed by atoms with van der Waals surface area (Å²) in [7, 11) is -2.77. The van der Waals surface area contributed by atoms with Gasteiger partial charge in [-0.15, -0.1) is 4.36 Å². The van der Waals surface area contributed by atoms with Gasteiger partial charge in [-0.1, -0.05) is 29.3 Å². The molecule has 0 saturated carbocycles. The lowest BCUT2D eigenvalue weighted by Crippen LogP contribution is -2.10. The summed E-state index contributed by atoms with van der Waals surface area (Å²) in [4.78, 5) is 12.4. The van der Waals surface area contributed by atoms with Crippen molar-refractivity contribution in [1.82, 2.24) is 0 Å². The molecule has 0 spiro atoms. The Morgan fingerprint density at radius 1 is 1.10 bits per heavy atom. The lowest BCUT2D eigenvalue weighted by molar-refractivity contribution is 0.260. The molecule has 1 N–H and O–H groups in total. The van der Waals surface area contributed by atoms with Crippen LogP contribution >= 0.6 is 11.6 Å². The molecule has 2 rings (SSSR count). The second-order valence-corrected chi connectivity index (χ2v) is 7.34. The van der Waals surface area contributed by atoms with Gasteiger partial charge in [0, 0.05) is 21.9 Å². The highest BCUT2D eigenvalue weighted by atomic mass is 35.5. The van der Waals surface area contributed by atoms with Crippen LogP contribution in [0.1, 0.15) is 5.56 Å². The zero-order chi connectivity index (χ0) is 15.5. The van der Waals surface area contributed by atoms with E-state index in [1.807, 2.05) is 19.1 Å². The van der Waals surface area contributed by atoms with Crippen LogP contribution in [0.15, 0.2) is 57.8 Å². The molecule has 0 aliphatic heterocycles. The molecule has 4 nitrogen and oxygen atoms in total. The lowest BCUT2D eigenvalue weighted by Gasteiger charge is -2.06. The minimum atomic E-state index is -2.77. The van der Waals surface area contributed by atoms with Gasteiger partial charge < -0.3 is 5.32 Å². The molecule has 2 aromatic carbocycles. The molecule has 0 saturated heterocycles. The Bertz CT molecular complexity index is 761. The summed E-state index contributed by atoms with van der Waals surface area (Å²) in [6, 6.07) is 13.1. The van der Waals surface area contributed by atoms with E-state index in [1.165, 1.54) is 6.26 Å². The molecule has 21 heavy (non-hydrogen) atoms. The molecule has 2 aromatic rings. The molecule has 0 bridgehead atoms. The number of carbonyl (C=O) groups excluding carboxylic acids is 1. The Morgan fingerprint density at radius 2 is 1.67 bits per heavy atom. The van der Waals surface area contributed by atoms with Crippen LogP contribution in [0.2, 0.25) is 5.02 Å². The highest BCUT2D eigenvalue weighted by molar-refractivity contribution is 7.93. The quantitative estimate of drug-likeness (QED) is 0.894. The molecule has 6 heteroatoms. The molecule has 1 atom stereocenters. The number of nitrogens with one attached hydrogen (secondary N) is 1. The standard InChI is InChI=1S/C15H15ClN2O2S/c1-11-3-9-14(10-4-11)21(2,20)18-15(19)17-13-7-5-12(16)6-8-13/h3-10H,1-2H3,(H,17,19)/t21-/m1/s1. The molecule has 0 fully saturated rings. The Balaban J connectivity index is 2.21. The summed E-state index contributed by atoms with van der Waals surface area (Å²) in [5.41, 5.74) is 1.60. The summed E-state index contributed by atoms with van der Waals surface area (Å²) in [5.74, 6) is 0. The van der Waals surface area contributed by atoms with E-state index in [0.717, 1.165) is 5.56 Å². The molecule has 110 valence electrons. The fourth-order valence-electron chi connectivity index (χ4n) is 1.68. The number of carbonyl (C=O) groups is 1. The van der Waals surface area contributed by atoms with E-state index in [-0.39, 0.29) is 0 Å². The number of anilines is 1. The molecule has 0 aliphatic carbocycles. The molecular weight excluding hydrogens is 308 g/mol. The van der Waals surface area contributed by atoms with Gasteiger partial charge in [0.15, 0.2) is 0 Å². The van der Waals surface area contributed by atoms with Crippen molar-refractivity contribution in [2.24, 2.45) is 4.36 Å². The van der Waals surface area contributed by atoms with E-state index < -0.39 is 15.8 Å². The van der Waals surface area contributed by atoms with Gasteiger partial charge in [0.2, 0.25) is 0 Å². The van der Waals surface area contributed by atoms with Crippen molar-refractivity contribution < 1.29 is 9.00 Å². The van der Waals surface area contributed by atoms with Crippen molar-refractivity contribution in [3.05, 3.63) is 59.1 Å². The van der Waals surface area contributed by atoms with E-state index in [0.29, 0.717) is 15.6 Å². The number of benzene rings is 2. The number of nitrogens with zero attached hydrogens (tertiary/aromatic N) is 1. The summed E-state index contributed by atoms with van der Waals surface area (Å²) >= 11 is 5.77. The third-order valence-electron chi connectivity index (χ3n) is 2.81. The van der Waals surface area contributed by atoms with Gasteiger partial charge >= 0.3 is 6.03 Å². The molecule has 0 heterocycles. The van der Waals surface area contributed by atoms with Gasteiger partial charge in [-0.25, -0.2) is 9.00 Å². The van der Waals surface area contributed by atoms with Gasteiger partial charge in [0.1, 0.15) is 0 Å². The summed E-state index contributed by atoms with van der Waals surface area (Å²) in [6.07, 6.45) is 1.44. The van der Waals surface area contributed by atoms with Crippen LogP contribution in [0.25, 0.3) is 0 Å². The molecule has 0 radical (unpaired) electrons. The first-order valence-corrected chi connectivity index (χ1v) is 8.52. The molecular formula is C15H15ClN2O2S. The largest absolute Gasteiger partial charge is 0.353 e. The first-order chi connectivity index (χ1) is 9.87. The number of hydrogen-bond acceptors (Lipinski definition) is 2. The van der Waals surface area contributed by atoms with Crippen molar-refractivity contribution in [1.29, 1.82) is 0 Å². The first-order valence-electron chi connectivity index (χ1n) is 6.22. The van der Waals surface area contributed by atoms with E-state index >= 15 is 0 Å². The molecule has 0 unspecified atom stereocenters. The van der Waals surface area contributed by atoms with Crippen molar-refractivity contribution in [3.63, 3.8) is 0 Å². The summed E-state index contributed by atoms with van der Waals surface area (Å²) in [6.45, 7) is 1.94. The van der Waals surface area contributed by atoms with Crippen LogP contribution < -0.4 is 5.32 Å². The minimum absolute atomic E-state index is 0.527. The fraction of sp³-hybridized carbons (Fsp3) is 0.133. The first kappa shape index (κ1) is 15.5. The maximum Gasteiger partial charge on any atom is 0.353 e. The Hall–Kier alpha value is -1.85. The van der Waals surface area contributed by atoms with Crippen molar-refractivity contribution in [2.75, 3.05) is 11.6 Å². The Kier molecular flexibility index (Phi) is 4.65.